The van der Waals surface area contributed by atoms with Gasteiger partial charge in [0.05, 0.1) is 0 Å². The number of halogens is 1. The van der Waals surface area contributed by atoms with E-state index in [4.69, 9.17) is 11.6 Å². The summed E-state index contributed by atoms with van der Waals surface area (Å²) in [5, 5.41) is 3.30. The first-order valence-corrected chi connectivity index (χ1v) is 8.39. The third-order valence-corrected chi connectivity index (χ3v) is 4.72. The summed E-state index contributed by atoms with van der Waals surface area (Å²) >= 11 is 6.42. The fraction of sp³-hybridized carbons (Fsp3) is 0.316. The Morgan fingerprint density at radius 2 is 2.00 bits per heavy atom. The van der Waals surface area contributed by atoms with Crippen molar-refractivity contribution < 1.29 is 9.59 Å². The number of pyridine rings is 1. The number of anilines is 1. The smallest absolute Gasteiger partial charge is 0.253 e. The largest absolute Gasteiger partial charge is 0.345 e. The molecule has 3 rings (SSSR count). The van der Waals surface area contributed by atoms with Gasteiger partial charge in [-0.25, -0.2) is 4.98 Å². The summed E-state index contributed by atoms with van der Waals surface area (Å²) in [4.78, 5) is 29.8. The Morgan fingerprint density at radius 1 is 1.28 bits per heavy atom. The maximum atomic E-state index is 12.1. The number of carbonyl (C=O) groups excluding carboxylic acids is 2. The van der Waals surface area contributed by atoms with Crippen molar-refractivity contribution in [2.75, 3.05) is 19.4 Å². The Bertz CT molecular complexity index is 875. The molecule has 1 aliphatic heterocycles. The van der Waals surface area contributed by atoms with Gasteiger partial charge in [0.2, 0.25) is 5.91 Å². The minimum atomic E-state index is -0.298. The minimum absolute atomic E-state index is 0.0256. The molecule has 1 aromatic carbocycles. The van der Waals surface area contributed by atoms with E-state index in [1.54, 1.807) is 32.4 Å². The lowest BCUT2D eigenvalue weighted by Crippen LogP contribution is -2.33. The predicted octanol–water partition coefficient (Wildman–Crippen LogP) is 3.72. The summed E-state index contributed by atoms with van der Waals surface area (Å²) in [7, 11) is 3.40. The van der Waals surface area contributed by atoms with Gasteiger partial charge >= 0.3 is 0 Å². The highest BCUT2D eigenvalue weighted by Gasteiger charge is 2.33. The molecule has 2 aromatic rings. The van der Waals surface area contributed by atoms with E-state index in [9.17, 15) is 9.59 Å². The van der Waals surface area contributed by atoms with Gasteiger partial charge in [-0.05, 0) is 18.2 Å². The van der Waals surface area contributed by atoms with Crippen LogP contribution in [0.1, 0.15) is 36.2 Å². The second kappa shape index (κ2) is 6.15. The van der Waals surface area contributed by atoms with Gasteiger partial charge < -0.3 is 10.2 Å². The Hall–Kier alpha value is -2.40. The van der Waals surface area contributed by atoms with E-state index in [0.29, 0.717) is 22.8 Å². The number of carbonyl (C=O) groups is 2. The van der Waals surface area contributed by atoms with Gasteiger partial charge in [0.1, 0.15) is 5.82 Å². The van der Waals surface area contributed by atoms with Crippen LogP contribution in [0.25, 0.3) is 11.1 Å². The van der Waals surface area contributed by atoms with Crippen LogP contribution in [0.3, 0.4) is 0 Å². The molecule has 0 radical (unpaired) electrons. The van der Waals surface area contributed by atoms with Crippen LogP contribution in [-0.2, 0) is 10.2 Å². The number of nitrogens with zero attached hydrogens (tertiary/aromatic N) is 2. The zero-order valence-corrected chi connectivity index (χ0v) is 15.4. The molecule has 0 aliphatic carbocycles. The number of benzene rings is 1. The summed E-state index contributed by atoms with van der Waals surface area (Å²) in [6.45, 7) is 4.05. The van der Waals surface area contributed by atoms with Gasteiger partial charge in [-0.2, -0.15) is 0 Å². The van der Waals surface area contributed by atoms with Crippen molar-refractivity contribution in [2.45, 2.75) is 25.7 Å². The third kappa shape index (κ3) is 3.24. The van der Waals surface area contributed by atoms with Crippen LogP contribution in [-0.4, -0.2) is 35.8 Å². The number of aromatic nitrogens is 1. The summed E-state index contributed by atoms with van der Waals surface area (Å²) < 4.78 is 0. The normalized spacial score (nSPS) is 15.3. The fourth-order valence-corrected chi connectivity index (χ4v) is 3.33. The highest BCUT2D eigenvalue weighted by atomic mass is 35.5. The topological polar surface area (TPSA) is 62.3 Å². The monoisotopic (exact) mass is 357 g/mol. The van der Waals surface area contributed by atoms with Crippen molar-refractivity contribution >= 4 is 29.2 Å². The Morgan fingerprint density at radius 3 is 2.64 bits per heavy atom. The SMILES string of the molecule is CN(C)C(=O)c1ccc(-c2cnc3c(c2)C(C)(C)CC(=O)N3)c(Cl)c1. The van der Waals surface area contributed by atoms with E-state index in [-0.39, 0.29) is 17.2 Å². The maximum absolute atomic E-state index is 12.1. The highest BCUT2D eigenvalue weighted by molar-refractivity contribution is 6.33. The van der Waals surface area contributed by atoms with Crippen LogP contribution in [0.5, 0.6) is 0 Å². The first-order valence-electron chi connectivity index (χ1n) is 8.01. The van der Waals surface area contributed by atoms with Crippen LogP contribution in [0.4, 0.5) is 5.82 Å². The Kier molecular flexibility index (Phi) is 4.29. The summed E-state index contributed by atoms with van der Waals surface area (Å²) in [6, 6.07) is 7.27. The molecule has 0 saturated heterocycles. The number of fused-ring (bicyclic) bond motifs is 1. The molecular formula is C19H20ClN3O2. The number of hydrogen-bond donors (Lipinski definition) is 1. The van der Waals surface area contributed by atoms with Crippen molar-refractivity contribution in [3.05, 3.63) is 46.6 Å². The first kappa shape index (κ1) is 17.4. The molecule has 0 fully saturated rings. The van der Waals surface area contributed by atoms with Crippen molar-refractivity contribution in [3.63, 3.8) is 0 Å². The Labute approximate surface area is 152 Å². The molecule has 2 amide bonds. The average molecular weight is 358 g/mol. The van der Waals surface area contributed by atoms with Gasteiger partial charge in [-0.1, -0.05) is 31.5 Å². The molecule has 1 N–H and O–H groups in total. The van der Waals surface area contributed by atoms with Crippen molar-refractivity contribution in [1.29, 1.82) is 0 Å². The van der Waals surface area contributed by atoms with Gasteiger partial charge in [0.25, 0.3) is 5.91 Å². The van der Waals surface area contributed by atoms with Crippen LogP contribution in [0.2, 0.25) is 5.02 Å². The summed E-state index contributed by atoms with van der Waals surface area (Å²) in [5.74, 6) is 0.476. The zero-order chi connectivity index (χ0) is 18.4. The number of nitrogens with one attached hydrogen (secondary N) is 1. The van der Waals surface area contributed by atoms with Crippen molar-refractivity contribution in [1.82, 2.24) is 9.88 Å². The lowest BCUT2D eigenvalue weighted by atomic mass is 9.78. The van der Waals surface area contributed by atoms with Gasteiger partial charge in [-0.15, -0.1) is 0 Å². The molecule has 1 aliphatic rings. The lowest BCUT2D eigenvalue weighted by molar-refractivity contribution is -0.117. The quantitative estimate of drug-likeness (QED) is 0.890. The van der Waals surface area contributed by atoms with Gasteiger partial charge in [0, 0.05) is 59.4 Å². The molecule has 130 valence electrons. The third-order valence-electron chi connectivity index (χ3n) is 4.41. The van der Waals surface area contributed by atoms with E-state index >= 15 is 0 Å². The number of rotatable bonds is 2. The van der Waals surface area contributed by atoms with E-state index in [0.717, 1.165) is 16.7 Å². The van der Waals surface area contributed by atoms with Crippen LogP contribution in [0.15, 0.2) is 30.5 Å². The van der Waals surface area contributed by atoms with Crippen molar-refractivity contribution in [2.24, 2.45) is 0 Å². The van der Waals surface area contributed by atoms with Crippen LogP contribution >= 0.6 is 11.6 Å². The van der Waals surface area contributed by atoms with E-state index < -0.39 is 0 Å². The molecule has 0 bridgehead atoms. The standard InChI is InChI=1S/C19H20ClN3O2/c1-19(2)9-16(24)22-17-14(19)7-12(10-21-17)13-6-5-11(8-15(13)20)18(25)23(3)4/h5-8,10H,9H2,1-4H3,(H,21,22,24). The second-order valence-corrected chi connectivity index (χ2v) is 7.53. The van der Waals surface area contributed by atoms with E-state index in [1.807, 2.05) is 26.0 Å². The molecule has 5 nitrogen and oxygen atoms in total. The lowest BCUT2D eigenvalue weighted by Gasteiger charge is -2.31. The second-order valence-electron chi connectivity index (χ2n) is 7.12. The molecule has 1 aromatic heterocycles. The number of hydrogen-bond acceptors (Lipinski definition) is 3. The number of amides is 2. The molecule has 25 heavy (non-hydrogen) atoms. The minimum Gasteiger partial charge on any atom is -0.345 e. The summed E-state index contributed by atoms with van der Waals surface area (Å²) in [6.07, 6.45) is 2.10. The predicted molar refractivity (Wildman–Crippen MR) is 99.0 cm³/mol. The van der Waals surface area contributed by atoms with Gasteiger partial charge in [0.15, 0.2) is 0 Å². The van der Waals surface area contributed by atoms with Crippen LogP contribution < -0.4 is 5.32 Å². The molecule has 0 spiro atoms. The molecule has 0 unspecified atom stereocenters. The molecular weight excluding hydrogens is 338 g/mol. The highest BCUT2D eigenvalue weighted by Crippen LogP contribution is 2.39. The fourth-order valence-electron chi connectivity index (χ4n) is 3.04. The van der Waals surface area contributed by atoms with E-state index in [2.05, 4.69) is 10.3 Å². The average Bonchev–Trinajstić information content (AvgIpc) is 2.53. The van der Waals surface area contributed by atoms with Gasteiger partial charge in [-0.3, -0.25) is 9.59 Å². The molecule has 0 atom stereocenters. The Balaban J connectivity index is 2.04. The van der Waals surface area contributed by atoms with Crippen LogP contribution in [0, 0.1) is 0 Å². The molecule has 2 heterocycles. The molecule has 0 saturated carbocycles. The molecule has 6 heteroatoms. The van der Waals surface area contributed by atoms with E-state index in [1.165, 1.54) is 4.90 Å². The van der Waals surface area contributed by atoms with Crippen molar-refractivity contribution in [3.8, 4) is 11.1 Å². The first-order chi connectivity index (χ1) is 11.7. The maximum Gasteiger partial charge on any atom is 0.253 e. The zero-order valence-electron chi connectivity index (χ0n) is 14.7. The summed E-state index contributed by atoms with van der Waals surface area (Å²) in [5.41, 5.74) is 2.89.